The van der Waals surface area contributed by atoms with Crippen molar-refractivity contribution in [2.24, 2.45) is 0 Å². The molecule has 52 heavy (non-hydrogen) atoms. The summed E-state index contributed by atoms with van der Waals surface area (Å²) in [6.45, 7) is 0.581. The van der Waals surface area contributed by atoms with Gasteiger partial charge in [0.2, 0.25) is 5.71 Å². The number of para-hydroxylation sites is 3. The number of benzene rings is 7. The van der Waals surface area contributed by atoms with Gasteiger partial charge >= 0.3 is 0 Å². The van der Waals surface area contributed by atoms with Gasteiger partial charge in [0.1, 0.15) is 17.2 Å². The molecule has 0 radical (unpaired) electrons. The minimum absolute atomic E-state index is 0.285. The molecule has 0 aliphatic rings. The van der Waals surface area contributed by atoms with Crippen molar-refractivity contribution in [3.05, 3.63) is 181 Å². The molecule has 0 saturated heterocycles. The van der Waals surface area contributed by atoms with Crippen LogP contribution in [0.25, 0.3) is 88.8 Å². The zero-order valence-corrected chi connectivity index (χ0v) is 28.0. The standard InChI is InChI=1S/C47H30FN3O/c48-33-27-25-32(26-28-33)44-37-18-8-7-17-36(37)43-38-21-12-22-39(45(38)52-47(43)50-44)46-49-41-23-9-10-24-42(41)51(46)29-40-34(30-13-3-1-4-14-30)19-11-20-35(40)31-15-5-2-6-16-31/h1-28H,29H2. The monoisotopic (exact) mass is 671 g/mol. The lowest BCUT2D eigenvalue weighted by Crippen LogP contribution is -2.06. The number of pyridine rings is 1. The summed E-state index contributed by atoms with van der Waals surface area (Å²) >= 11 is 0. The highest BCUT2D eigenvalue weighted by molar-refractivity contribution is 6.21. The lowest BCUT2D eigenvalue weighted by molar-refractivity contribution is 0.628. The van der Waals surface area contributed by atoms with E-state index in [2.05, 4.69) is 132 Å². The van der Waals surface area contributed by atoms with Gasteiger partial charge in [-0.1, -0.05) is 127 Å². The number of fused-ring (bicyclic) bond motifs is 6. The third-order valence-electron chi connectivity index (χ3n) is 10.0. The van der Waals surface area contributed by atoms with Crippen molar-refractivity contribution in [2.75, 3.05) is 0 Å². The molecular formula is C47H30FN3O. The first-order valence-electron chi connectivity index (χ1n) is 17.4. The number of halogens is 1. The maximum absolute atomic E-state index is 13.9. The Bertz CT molecular complexity index is 2870. The van der Waals surface area contributed by atoms with Crippen molar-refractivity contribution in [3.63, 3.8) is 0 Å². The average Bonchev–Trinajstić information content (AvgIpc) is 3.77. The summed E-state index contributed by atoms with van der Waals surface area (Å²) in [6.07, 6.45) is 0. The van der Waals surface area contributed by atoms with Crippen LogP contribution in [-0.2, 0) is 6.54 Å². The third-order valence-corrected chi connectivity index (χ3v) is 10.0. The Balaban J connectivity index is 1.22. The topological polar surface area (TPSA) is 43.9 Å². The van der Waals surface area contributed by atoms with E-state index >= 15 is 0 Å². The first-order valence-corrected chi connectivity index (χ1v) is 17.4. The van der Waals surface area contributed by atoms with Crippen LogP contribution >= 0.6 is 0 Å². The van der Waals surface area contributed by atoms with Crippen LogP contribution in [0.5, 0.6) is 0 Å². The Hall–Kier alpha value is -6.85. The minimum atomic E-state index is -0.285. The number of aromatic nitrogens is 3. The number of nitrogens with zero attached hydrogens (tertiary/aromatic N) is 3. The molecule has 7 aromatic carbocycles. The summed E-state index contributed by atoms with van der Waals surface area (Å²) in [6, 6.07) is 57.0. The van der Waals surface area contributed by atoms with Gasteiger partial charge in [0, 0.05) is 16.3 Å². The molecule has 0 fully saturated rings. The molecule has 0 spiro atoms. The minimum Gasteiger partial charge on any atom is -0.437 e. The van der Waals surface area contributed by atoms with Crippen molar-refractivity contribution in [3.8, 4) is 44.9 Å². The van der Waals surface area contributed by atoms with Crippen molar-refractivity contribution in [2.45, 2.75) is 6.54 Å². The lowest BCUT2D eigenvalue weighted by atomic mass is 9.91. The molecule has 0 bridgehead atoms. The van der Waals surface area contributed by atoms with Gasteiger partial charge in [-0.25, -0.2) is 14.4 Å². The summed E-state index contributed by atoms with van der Waals surface area (Å²) in [5.74, 6) is 0.531. The van der Waals surface area contributed by atoms with Crippen molar-refractivity contribution >= 4 is 43.9 Å². The molecule has 0 amide bonds. The van der Waals surface area contributed by atoms with Crippen LogP contribution in [0.4, 0.5) is 4.39 Å². The van der Waals surface area contributed by atoms with Crippen molar-refractivity contribution in [1.29, 1.82) is 0 Å². The molecule has 10 rings (SSSR count). The van der Waals surface area contributed by atoms with Gasteiger partial charge in [0.05, 0.1) is 34.2 Å². The van der Waals surface area contributed by atoms with Crippen LogP contribution in [0.1, 0.15) is 5.56 Å². The van der Waals surface area contributed by atoms with Crippen LogP contribution < -0.4 is 0 Å². The Labute approximate surface area is 299 Å². The van der Waals surface area contributed by atoms with E-state index in [1.165, 1.54) is 28.8 Å². The highest BCUT2D eigenvalue weighted by Gasteiger charge is 2.23. The molecule has 3 aromatic heterocycles. The second kappa shape index (κ2) is 12.2. The fourth-order valence-corrected chi connectivity index (χ4v) is 7.65. The van der Waals surface area contributed by atoms with Crippen molar-refractivity contribution < 1.29 is 8.81 Å². The third kappa shape index (κ3) is 4.89. The molecule has 0 unspecified atom stereocenters. The molecule has 246 valence electrons. The molecule has 0 atom stereocenters. The number of imidazole rings is 1. The number of hydrogen-bond acceptors (Lipinski definition) is 3. The molecule has 3 heterocycles. The largest absolute Gasteiger partial charge is 0.437 e. The normalized spacial score (nSPS) is 11.6. The van der Waals surface area contributed by atoms with Crippen LogP contribution in [-0.4, -0.2) is 14.5 Å². The highest BCUT2D eigenvalue weighted by atomic mass is 19.1. The summed E-state index contributed by atoms with van der Waals surface area (Å²) in [5, 5.41) is 3.92. The van der Waals surface area contributed by atoms with Crippen molar-refractivity contribution in [1.82, 2.24) is 14.5 Å². The molecule has 5 heteroatoms. The van der Waals surface area contributed by atoms with Gasteiger partial charge in [-0.15, -0.1) is 0 Å². The zero-order chi connectivity index (χ0) is 34.6. The Morgan fingerprint density at radius 1 is 0.500 bits per heavy atom. The van der Waals surface area contributed by atoms with E-state index in [0.29, 0.717) is 12.3 Å². The number of hydrogen-bond donors (Lipinski definition) is 0. The summed E-state index contributed by atoms with van der Waals surface area (Å²) in [7, 11) is 0. The summed E-state index contributed by atoms with van der Waals surface area (Å²) < 4.78 is 23.0. The van der Waals surface area contributed by atoms with E-state index < -0.39 is 0 Å². The fraction of sp³-hybridized carbons (Fsp3) is 0.0213. The molecule has 0 saturated carbocycles. The van der Waals surface area contributed by atoms with Crippen LogP contribution in [0.15, 0.2) is 174 Å². The van der Waals surface area contributed by atoms with Gasteiger partial charge in [0.15, 0.2) is 0 Å². The van der Waals surface area contributed by atoms with E-state index in [1.54, 1.807) is 12.1 Å². The molecular weight excluding hydrogens is 642 g/mol. The lowest BCUT2D eigenvalue weighted by Gasteiger charge is -2.18. The quantitative estimate of drug-likeness (QED) is 0.177. The summed E-state index contributed by atoms with van der Waals surface area (Å²) in [4.78, 5) is 10.4. The predicted molar refractivity (Wildman–Crippen MR) is 210 cm³/mol. The van der Waals surface area contributed by atoms with Gasteiger partial charge in [-0.2, -0.15) is 0 Å². The van der Waals surface area contributed by atoms with E-state index in [-0.39, 0.29) is 5.82 Å². The number of rotatable bonds is 6. The Kier molecular flexibility index (Phi) is 7.03. The van der Waals surface area contributed by atoms with Crippen LogP contribution in [0.3, 0.4) is 0 Å². The molecule has 10 aromatic rings. The van der Waals surface area contributed by atoms with Gasteiger partial charge in [-0.05, 0) is 75.7 Å². The first kappa shape index (κ1) is 30.0. The van der Waals surface area contributed by atoms with Gasteiger partial charge in [0.25, 0.3) is 0 Å². The van der Waals surface area contributed by atoms with E-state index in [0.717, 1.165) is 71.9 Å². The second-order valence-electron chi connectivity index (χ2n) is 13.1. The van der Waals surface area contributed by atoms with E-state index in [1.807, 2.05) is 18.2 Å². The smallest absolute Gasteiger partial charge is 0.228 e. The van der Waals surface area contributed by atoms with Gasteiger partial charge in [-0.3, -0.25) is 0 Å². The fourth-order valence-electron chi connectivity index (χ4n) is 7.65. The molecule has 0 aliphatic carbocycles. The second-order valence-corrected chi connectivity index (χ2v) is 13.1. The zero-order valence-electron chi connectivity index (χ0n) is 28.0. The van der Waals surface area contributed by atoms with Crippen LogP contribution in [0, 0.1) is 5.82 Å². The predicted octanol–water partition coefficient (Wildman–Crippen LogP) is 12.3. The van der Waals surface area contributed by atoms with E-state index in [4.69, 9.17) is 14.4 Å². The SMILES string of the molecule is Fc1ccc(-c2nc3oc4c(-c5nc6ccccc6n5Cc5c(-c6ccccc6)cccc5-c5ccccc5)cccc4c3c3ccccc23)cc1. The molecule has 4 nitrogen and oxygen atoms in total. The number of furan rings is 1. The Morgan fingerprint density at radius 2 is 1.10 bits per heavy atom. The average molecular weight is 672 g/mol. The van der Waals surface area contributed by atoms with Gasteiger partial charge < -0.3 is 8.98 Å². The Morgan fingerprint density at radius 3 is 1.83 bits per heavy atom. The van der Waals surface area contributed by atoms with Crippen LogP contribution in [0.2, 0.25) is 0 Å². The maximum Gasteiger partial charge on any atom is 0.228 e. The summed E-state index contributed by atoms with van der Waals surface area (Å²) in [5.41, 5.74) is 11.6. The first-order chi connectivity index (χ1) is 25.7. The molecule has 0 aliphatic heterocycles. The highest BCUT2D eigenvalue weighted by Crippen LogP contribution is 2.42. The van der Waals surface area contributed by atoms with E-state index in [9.17, 15) is 4.39 Å². The molecule has 0 N–H and O–H groups in total. The maximum atomic E-state index is 13.9.